The second-order valence-electron chi connectivity index (χ2n) is 19.0. The molecule has 2 aliphatic heterocycles. The summed E-state index contributed by atoms with van der Waals surface area (Å²) in [6, 6.07) is 34.8. The lowest BCUT2D eigenvalue weighted by Crippen LogP contribution is -2.70. The average Bonchev–Trinajstić information content (AvgIpc) is 3.93. The molecule has 0 bridgehead atoms. The van der Waals surface area contributed by atoms with Crippen LogP contribution in [0, 0.1) is 27.9 Å². The van der Waals surface area contributed by atoms with E-state index < -0.39 is 28.8 Å². The summed E-state index contributed by atoms with van der Waals surface area (Å²) in [7, 11) is 0. The van der Waals surface area contributed by atoms with Gasteiger partial charge >= 0.3 is 6.09 Å². The Morgan fingerprint density at radius 1 is 0.824 bits per heavy atom. The van der Waals surface area contributed by atoms with Crippen LogP contribution >= 0.6 is 0 Å². The normalized spacial score (nSPS) is 21.6. The summed E-state index contributed by atoms with van der Waals surface area (Å²) in [4.78, 5) is 33.9. The lowest BCUT2D eigenvalue weighted by Gasteiger charge is -2.59. The number of nitrogens with zero attached hydrogens (tertiary/aromatic N) is 3. The molecule has 9 rings (SSSR count). The third-order valence-corrected chi connectivity index (χ3v) is 14.3. The van der Waals surface area contributed by atoms with E-state index >= 15 is 0 Å². The number of nitro groups is 1. The first-order valence-corrected chi connectivity index (χ1v) is 25.4. The third-order valence-electron chi connectivity index (χ3n) is 14.3. The van der Waals surface area contributed by atoms with Gasteiger partial charge in [-0.3, -0.25) is 15.0 Å². The van der Waals surface area contributed by atoms with Crippen LogP contribution in [0.2, 0.25) is 0 Å². The van der Waals surface area contributed by atoms with Crippen molar-refractivity contribution in [2.75, 3.05) is 33.2 Å². The predicted molar refractivity (Wildman–Crippen MR) is 279 cm³/mol. The predicted octanol–water partition coefficient (Wildman–Crippen LogP) is 11.8. The summed E-state index contributed by atoms with van der Waals surface area (Å²) >= 11 is 0. The van der Waals surface area contributed by atoms with Crippen LogP contribution in [0.1, 0.15) is 74.0 Å². The molecule has 74 heavy (non-hydrogen) atoms. The number of allylic oxidation sites excluding steroid dienone is 1. The Balaban J connectivity index is 1.21. The van der Waals surface area contributed by atoms with Gasteiger partial charge in [0.2, 0.25) is 12.6 Å². The Morgan fingerprint density at radius 3 is 2.28 bits per heavy atom. The number of unbranched alkanes of at least 4 members (excludes halogenated alkanes) is 2. The summed E-state index contributed by atoms with van der Waals surface area (Å²) in [5.41, 5.74) is 5.82. The van der Waals surface area contributed by atoms with Crippen molar-refractivity contribution in [3.8, 4) is 39.9 Å². The number of rotatable bonds is 24. The van der Waals surface area contributed by atoms with Crippen LogP contribution in [0.25, 0.3) is 11.1 Å². The molecule has 2 aliphatic carbocycles. The minimum atomic E-state index is -1.58. The van der Waals surface area contributed by atoms with E-state index in [-0.39, 0.29) is 76.2 Å². The fraction of sp³-hybridized carbons (Fsp3) is 0.356. The van der Waals surface area contributed by atoms with Crippen LogP contribution in [0.3, 0.4) is 0 Å². The maximum Gasteiger partial charge on any atom is 0.410 e. The van der Waals surface area contributed by atoms with E-state index in [9.17, 15) is 25.1 Å². The molecule has 386 valence electrons. The van der Waals surface area contributed by atoms with Crippen molar-refractivity contribution in [2.24, 2.45) is 22.9 Å². The molecule has 5 aromatic rings. The highest BCUT2D eigenvalue weighted by Crippen LogP contribution is 2.62. The van der Waals surface area contributed by atoms with Crippen LogP contribution in [-0.4, -0.2) is 76.9 Å². The zero-order valence-corrected chi connectivity index (χ0v) is 41.4. The van der Waals surface area contributed by atoms with Gasteiger partial charge in [-0.05, 0) is 126 Å². The Morgan fingerprint density at radius 2 is 1.54 bits per heavy atom. The number of hydrogen-bond donors (Lipinski definition) is 2. The molecular formula is C59H63N3O12. The average molecular weight is 1010 g/mol. The van der Waals surface area contributed by atoms with Gasteiger partial charge in [0.05, 0.1) is 29.8 Å². The smallest absolute Gasteiger partial charge is 0.410 e. The van der Waals surface area contributed by atoms with Gasteiger partial charge in [0.15, 0.2) is 11.5 Å². The van der Waals surface area contributed by atoms with Crippen molar-refractivity contribution in [1.82, 2.24) is 4.90 Å². The first kappa shape index (κ1) is 51.4. The van der Waals surface area contributed by atoms with Crippen molar-refractivity contribution in [2.45, 2.75) is 82.3 Å². The van der Waals surface area contributed by atoms with Gasteiger partial charge in [-0.2, -0.15) is 0 Å². The highest BCUT2D eigenvalue weighted by Gasteiger charge is 2.66. The molecule has 0 aromatic heterocycles. The van der Waals surface area contributed by atoms with E-state index in [0.717, 1.165) is 53.5 Å². The van der Waals surface area contributed by atoms with Crippen molar-refractivity contribution >= 4 is 17.5 Å². The molecule has 0 radical (unpaired) electrons. The second-order valence-corrected chi connectivity index (χ2v) is 19.0. The molecule has 15 heteroatoms. The largest absolute Gasteiger partial charge is 0.459 e. The Labute approximate surface area is 431 Å². The van der Waals surface area contributed by atoms with Gasteiger partial charge < -0.3 is 43.5 Å². The molecule has 1 fully saturated rings. The second kappa shape index (κ2) is 24.1. The van der Waals surface area contributed by atoms with Gasteiger partial charge in [0.25, 0.3) is 5.69 Å². The lowest BCUT2D eigenvalue weighted by molar-refractivity contribution is -0.384. The summed E-state index contributed by atoms with van der Waals surface area (Å²) in [5.74, 6) is 0.349. The number of aliphatic hydroxyl groups excluding tert-OH is 2. The number of hydrogen-bond acceptors (Lipinski definition) is 13. The molecule has 4 aliphatic rings. The molecule has 6 atom stereocenters. The summed E-state index contributed by atoms with van der Waals surface area (Å²) in [5, 5.41) is 36.6. The molecule has 2 N–H and O–H groups in total. The Kier molecular flexibility index (Phi) is 16.7. The number of ether oxygens (including phenoxy) is 6. The number of nitro benzene ring substituents is 1. The topological polar surface area (TPSA) is 181 Å². The summed E-state index contributed by atoms with van der Waals surface area (Å²) in [6.45, 7) is 8.28. The highest BCUT2D eigenvalue weighted by atomic mass is 16.7. The molecule has 0 spiro atoms. The van der Waals surface area contributed by atoms with Crippen LogP contribution in [0.15, 0.2) is 157 Å². The molecule has 1 saturated carbocycles. The lowest BCUT2D eigenvalue weighted by atomic mass is 9.55. The fourth-order valence-electron chi connectivity index (χ4n) is 10.9. The fourth-order valence-corrected chi connectivity index (χ4v) is 10.9. The number of carbonyl (C=O) groups excluding carboxylic acids is 1. The molecule has 1 amide bonds. The van der Waals surface area contributed by atoms with E-state index in [1.54, 1.807) is 29.2 Å². The van der Waals surface area contributed by atoms with Crippen molar-refractivity contribution in [1.29, 1.82) is 0 Å². The SMILES string of the molecule is C=CCCOC(=O)N(Cc1ccc2c(c1)OCO2)[C@H]1CC(=NOCc2ccc([N+](=O)[O-])cc2)C2=C[C@H](CCCCO)[C@@H](CCCCO)[C@@H]3c4cc(Oc5ccc(-c6ccccc6)cc5)ccc4O[C@@]1(OCC=C)[C@H]23. The zero-order chi connectivity index (χ0) is 51.4. The highest BCUT2D eigenvalue weighted by molar-refractivity contribution is 6.03. The van der Waals surface area contributed by atoms with Gasteiger partial charge in [0.1, 0.15) is 29.9 Å². The van der Waals surface area contributed by atoms with Crippen molar-refractivity contribution in [3.63, 3.8) is 0 Å². The third kappa shape index (κ3) is 11.3. The number of non-ortho nitro benzene ring substituents is 1. The van der Waals surface area contributed by atoms with E-state index in [2.05, 4.69) is 37.4 Å². The monoisotopic (exact) mass is 1010 g/mol. The first-order chi connectivity index (χ1) is 36.2. The maximum atomic E-state index is 15.0. The van der Waals surface area contributed by atoms with Crippen LogP contribution in [0.4, 0.5) is 10.5 Å². The molecule has 0 unspecified atom stereocenters. The number of amides is 1. The minimum absolute atomic E-state index is 0.00617. The number of carbonyl (C=O) groups is 1. The number of benzene rings is 5. The molecule has 2 heterocycles. The standard InChI is InChI=1S/C59H63N3O12/c1-3-5-32-68-58(65)61(37-41-19-27-53-54(33-41)70-39-69-53)55-36-51(60-72-38-40-17-22-45(23-18-40)62(66)67)49-34-44(15-9-11-29-63)48(16-10-12-30-64)56-50-35-47(26-28-52(50)74-59(55,57(49)56)71-31-4-2)73-46-24-20-43(21-25-46)42-13-7-6-8-14-42/h3-4,6-8,13-14,17-28,33-35,44,48,55-57,63-64H,1-2,5,9-12,15-16,29-32,36-39H2/t44-,48+,55-,56+,57+,59+/m0/s1. The molecule has 5 aromatic carbocycles. The first-order valence-electron chi connectivity index (χ1n) is 25.4. The van der Waals surface area contributed by atoms with Crippen molar-refractivity contribution in [3.05, 3.63) is 179 Å². The van der Waals surface area contributed by atoms with Gasteiger partial charge in [-0.1, -0.05) is 84.8 Å². The van der Waals surface area contributed by atoms with Gasteiger partial charge in [-0.25, -0.2) is 4.79 Å². The summed E-state index contributed by atoms with van der Waals surface area (Å²) in [6.07, 6.45) is 9.74. The van der Waals surface area contributed by atoms with Crippen LogP contribution in [0.5, 0.6) is 28.7 Å². The summed E-state index contributed by atoms with van der Waals surface area (Å²) < 4.78 is 38.8. The van der Waals surface area contributed by atoms with E-state index in [4.69, 9.17) is 38.4 Å². The van der Waals surface area contributed by atoms with Gasteiger partial charge in [-0.15, -0.1) is 13.2 Å². The van der Waals surface area contributed by atoms with E-state index in [1.165, 1.54) is 12.1 Å². The van der Waals surface area contributed by atoms with Gasteiger partial charge in [0, 0.05) is 49.8 Å². The number of oxime groups is 1. The minimum Gasteiger partial charge on any atom is -0.459 e. The van der Waals surface area contributed by atoms with E-state index in [1.807, 2.05) is 72.8 Å². The van der Waals surface area contributed by atoms with Crippen molar-refractivity contribution < 1.29 is 53.2 Å². The number of aliphatic hydroxyl groups is 2. The zero-order valence-electron chi connectivity index (χ0n) is 41.4. The Bertz CT molecular complexity index is 2820. The van der Waals surface area contributed by atoms with Crippen LogP contribution < -0.4 is 18.9 Å². The number of fused-ring (bicyclic) bond motifs is 3. The quantitative estimate of drug-likeness (QED) is 0.0259. The molecule has 15 nitrogen and oxygen atoms in total. The Hall–Kier alpha value is -7.46. The molecule has 0 saturated heterocycles. The van der Waals surface area contributed by atoms with E-state index in [0.29, 0.717) is 59.3 Å². The maximum absolute atomic E-state index is 15.0. The van der Waals surface area contributed by atoms with Crippen LogP contribution in [-0.2, 0) is 27.5 Å². The molecular weight excluding hydrogens is 943 g/mol.